The maximum Gasteiger partial charge on any atom is 0.238 e. The van der Waals surface area contributed by atoms with Crippen LogP contribution in [0.5, 0.6) is 0 Å². The molecule has 3 heterocycles. The highest BCUT2D eigenvalue weighted by Crippen LogP contribution is 2.32. The van der Waals surface area contributed by atoms with Gasteiger partial charge in [0.2, 0.25) is 10.0 Å². The number of thiophene rings is 1. The van der Waals surface area contributed by atoms with Crippen molar-refractivity contribution in [3.63, 3.8) is 0 Å². The smallest absolute Gasteiger partial charge is 0.238 e. The highest BCUT2D eigenvalue weighted by Gasteiger charge is 2.12. The first-order valence-electron chi connectivity index (χ1n) is 8.56. The normalized spacial score (nSPS) is 12.1. The third kappa shape index (κ3) is 3.90. The molecular formula is C19H17N5O3S2. The molecule has 0 bridgehead atoms. The minimum absolute atomic E-state index is 0.0499. The predicted octanol–water partition coefficient (Wildman–Crippen LogP) is 3.66. The molecule has 8 nitrogen and oxygen atoms in total. The predicted molar refractivity (Wildman–Crippen MR) is 114 cm³/mol. The molecule has 0 atom stereocenters. The van der Waals surface area contributed by atoms with Gasteiger partial charge in [-0.25, -0.2) is 23.5 Å². The van der Waals surface area contributed by atoms with Gasteiger partial charge in [0.05, 0.1) is 16.5 Å². The van der Waals surface area contributed by atoms with Crippen molar-refractivity contribution in [2.75, 3.05) is 5.43 Å². The molecule has 29 heavy (non-hydrogen) atoms. The molecule has 3 aromatic heterocycles. The molecule has 3 N–H and O–H groups in total. The molecule has 0 saturated carbocycles. The fraction of sp³-hybridized carbons (Fsp3) is 0.105. The highest BCUT2D eigenvalue weighted by molar-refractivity contribution is 7.89. The standard InChI is InChI=1S/C19H17N5O3S2/c1-11-12(2)28-19-17(11)18(21-10-22-19)24-23-9-14-5-8-16(27-14)13-3-6-15(7-4-13)29(20,25)26/h3-10H,1-2H3,(H2,20,25,26)(H,21,22,24)/b23-9-. The van der Waals surface area contributed by atoms with Crippen LogP contribution in [0.4, 0.5) is 5.82 Å². The van der Waals surface area contributed by atoms with Crippen molar-refractivity contribution in [3.8, 4) is 11.3 Å². The van der Waals surface area contributed by atoms with Gasteiger partial charge < -0.3 is 4.42 Å². The van der Waals surface area contributed by atoms with Crippen LogP contribution in [-0.2, 0) is 10.0 Å². The third-order valence-electron chi connectivity index (χ3n) is 4.42. The summed E-state index contributed by atoms with van der Waals surface area (Å²) in [5, 5.41) is 10.3. The van der Waals surface area contributed by atoms with E-state index in [0.717, 1.165) is 21.3 Å². The number of fused-ring (bicyclic) bond motifs is 1. The Hall–Kier alpha value is -3.08. The van der Waals surface area contributed by atoms with Crippen molar-refractivity contribution in [1.82, 2.24) is 9.97 Å². The third-order valence-corrected chi connectivity index (χ3v) is 6.47. The largest absolute Gasteiger partial charge is 0.455 e. The maximum absolute atomic E-state index is 11.3. The first kappa shape index (κ1) is 19.2. The molecule has 4 rings (SSSR count). The molecule has 0 unspecified atom stereocenters. The SMILES string of the molecule is Cc1sc2ncnc(N/N=C\c3ccc(-c4ccc(S(N)(=O)=O)cc4)o3)c2c1C. The average molecular weight is 428 g/mol. The van der Waals surface area contributed by atoms with Crippen LogP contribution in [0.3, 0.4) is 0 Å². The fourth-order valence-electron chi connectivity index (χ4n) is 2.81. The second-order valence-electron chi connectivity index (χ2n) is 6.33. The molecule has 148 valence electrons. The summed E-state index contributed by atoms with van der Waals surface area (Å²) in [7, 11) is -3.72. The lowest BCUT2D eigenvalue weighted by atomic mass is 10.2. The quantitative estimate of drug-likeness (QED) is 0.370. The van der Waals surface area contributed by atoms with E-state index in [4.69, 9.17) is 9.56 Å². The number of aromatic nitrogens is 2. The maximum atomic E-state index is 11.3. The van der Waals surface area contributed by atoms with Gasteiger partial charge in [-0.2, -0.15) is 5.10 Å². The van der Waals surface area contributed by atoms with E-state index in [9.17, 15) is 8.42 Å². The molecule has 0 fully saturated rings. The molecule has 0 amide bonds. The minimum atomic E-state index is -3.72. The second kappa shape index (κ2) is 7.39. The van der Waals surface area contributed by atoms with Crippen LogP contribution in [-0.4, -0.2) is 24.6 Å². The summed E-state index contributed by atoms with van der Waals surface area (Å²) < 4.78 is 28.4. The molecule has 0 spiro atoms. The molecule has 0 saturated heterocycles. The summed E-state index contributed by atoms with van der Waals surface area (Å²) >= 11 is 1.62. The molecule has 10 heteroatoms. The number of hydrogen-bond acceptors (Lipinski definition) is 8. The number of benzene rings is 1. The van der Waals surface area contributed by atoms with E-state index in [1.807, 2.05) is 6.92 Å². The number of anilines is 1. The van der Waals surface area contributed by atoms with E-state index >= 15 is 0 Å². The van der Waals surface area contributed by atoms with Gasteiger partial charge in [0.25, 0.3) is 0 Å². The number of hydrogen-bond donors (Lipinski definition) is 2. The number of sulfonamides is 1. The van der Waals surface area contributed by atoms with Gasteiger partial charge in [0, 0.05) is 10.4 Å². The number of rotatable bonds is 5. The Labute approximate surface area is 171 Å². The van der Waals surface area contributed by atoms with Crippen molar-refractivity contribution >= 4 is 43.6 Å². The van der Waals surface area contributed by atoms with E-state index < -0.39 is 10.0 Å². The fourth-order valence-corrected chi connectivity index (χ4v) is 4.32. The molecular weight excluding hydrogens is 410 g/mol. The van der Waals surface area contributed by atoms with E-state index in [-0.39, 0.29) is 4.90 Å². The number of nitrogens with one attached hydrogen (secondary N) is 1. The van der Waals surface area contributed by atoms with Crippen LogP contribution in [0.15, 0.2) is 57.1 Å². The first-order chi connectivity index (χ1) is 13.8. The number of nitrogens with two attached hydrogens (primary N) is 1. The van der Waals surface area contributed by atoms with Crippen LogP contribution in [0.2, 0.25) is 0 Å². The van der Waals surface area contributed by atoms with Crippen molar-refractivity contribution in [1.29, 1.82) is 0 Å². The van der Waals surface area contributed by atoms with Crippen LogP contribution in [0, 0.1) is 13.8 Å². The summed E-state index contributed by atoms with van der Waals surface area (Å²) in [5.41, 5.74) is 4.81. The lowest BCUT2D eigenvalue weighted by Crippen LogP contribution is -2.11. The Bertz CT molecular complexity index is 1320. The van der Waals surface area contributed by atoms with Crippen LogP contribution < -0.4 is 10.6 Å². The van der Waals surface area contributed by atoms with E-state index in [0.29, 0.717) is 17.3 Å². The summed E-state index contributed by atoms with van der Waals surface area (Å²) in [6.07, 6.45) is 3.05. The highest BCUT2D eigenvalue weighted by atomic mass is 32.2. The topological polar surface area (TPSA) is 123 Å². The Morgan fingerprint density at radius 2 is 1.90 bits per heavy atom. The van der Waals surface area contributed by atoms with Crippen molar-refractivity contribution in [2.24, 2.45) is 10.2 Å². The zero-order valence-electron chi connectivity index (χ0n) is 15.6. The van der Waals surface area contributed by atoms with E-state index in [1.165, 1.54) is 23.3 Å². The lowest BCUT2D eigenvalue weighted by Gasteiger charge is -2.01. The zero-order valence-corrected chi connectivity index (χ0v) is 17.2. The monoisotopic (exact) mass is 427 g/mol. The Kier molecular flexibility index (Phi) is 4.91. The number of furan rings is 1. The van der Waals surface area contributed by atoms with Gasteiger partial charge >= 0.3 is 0 Å². The summed E-state index contributed by atoms with van der Waals surface area (Å²) in [5.74, 6) is 1.76. The van der Waals surface area contributed by atoms with Crippen molar-refractivity contribution < 1.29 is 12.8 Å². The lowest BCUT2D eigenvalue weighted by molar-refractivity contribution is 0.575. The Morgan fingerprint density at radius 1 is 1.14 bits per heavy atom. The van der Waals surface area contributed by atoms with E-state index in [2.05, 4.69) is 27.4 Å². The van der Waals surface area contributed by atoms with Crippen LogP contribution >= 0.6 is 11.3 Å². The van der Waals surface area contributed by atoms with Gasteiger partial charge in [0.1, 0.15) is 22.7 Å². The van der Waals surface area contributed by atoms with Crippen LogP contribution in [0.25, 0.3) is 21.5 Å². The van der Waals surface area contributed by atoms with Gasteiger partial charge in [-0.15, -0.1) is 11.3 Å². The number of nitrogens with zero attached hydrogens (tertiary/aromatic N) is 3. The summed E-state index contributed by atoms with van der Waals surface area (Å²) in [6, 6.07) is 9.70. The van der Waals surface area contributed by atoms with Crippen molar-refractivity contribution in [2.45, 2.75) is 18.7 Å². The molecule has 0 aliphatic rings. The molecule has 0 aliphatic carbocycles. The Balaban J connectivity index is 1.52. The summed E-state index contributed by atoms with van der Waals surface area (Å²) in [6.45, 7) is 4.08. The number of primary sulfonamides is 1. The summed E-state index contributed by atoms with van der Waals surface area (Å²) in [4.78, 5) is 10.7. The van der Waals surface area contributed by atoms with Gasteiger partial charge in [-0.1, -0.05) is 0 Å². The van der Waals surface area contributed by atoms with Gasteiger partial charge in [0.15, 0.2) is 5.82 Å². The van der Waals surface area contributed by atoms with Gasteiger partial charge in [-0.05, 0) is 55.8 Å². The molecule has 0 radical (unpaired) electrons. The van der Waals surface area contributed by atoms with Crippen molar-refractivity contribution in [3.05, 3.63) is 58.9 Å². The molecule has 4 aromatic rings. The minimum Gasteiger partial charge on any atom is -0.455 e. The first-order valence-corrected chi connectivity index (χ1v) is 10.9. The number of aryl methyl sites for hydroxylation is 2. The van der Waals surface area contributed by atoms with Gasteiger partial charge in [-0.3, -0.25) is 5.43 Å². The molecule has 1 aromatic carbocycles. The van der Waals surface area contributed by atoms with E-state index in [1.54, 1.807) is 41.8 Å². The average Bonchev–Trinajstić information content (AvgIpc) is 3.27. The zero-order chi connectivity index (χ0) is 20.6. The Morgan fingerprint density at radius 3 is 2.62 bits per heavy atom. The second-order valence-corrected chi connectivity index (χ2v) is 9.09. The molecule has 0 aliphatic heterocycles. The van der Waals surface area contributed by atoms with Crippen LogP contribution in [0.1, 0.15) is 16.2 Å². The number of hydrazone groups is 1.